The number of anilines is 1. The number of benzene rings is 1. The second-order valence-electron chi connectivity index (χ2n) is 2.58. The van der Waals surface area contributed by atoms with Gasteiger partial charge in [-0.3, -0.25) is 8.43 Å². The van der Waals surface area contributed by atoms with Crippen molar-refractivity contribution in [3.63, 3.8) is 0 Å². The molecule has 0 atom stereocenters. The Morgan fingerprint density at radius 3 is 2.57 bits per heavy atom. The van der Waals surface area contributed by atoms with E-state index in [0.29, 0.717) is 12.4 Å². The first-order valence-corrected chi connectivity index (χ1v) is 5.70. The second-order valence-corrected chi connectivity index (χ2v) is 3.49. The van der Waals surface area contributed by atoms with E-state index in [4.69, 9.17) is 11.6 Å². The van der Waals surface area contributed by atoms with Gasteiger partial charge in [0.05, 0.1) is 22.9 Å². The third-order valence-corrected chi connectivity index (χ3v) is 2.33. The summed E-state index contributed by atoms with van der Waals surface area (Å²) in [5.41, 5.74) is 0.849. The molecule has 0 fully saturated rings. The first-order chi connectivity index (χ1) is 6.79. The topological polar surface area (TPSA) is 32.3 Å². The van der Waals surface area contributed by atoms with Crippen molar-refractivity contribution in [2.24, 2.45) is 0 Å². The highest BCUT2D eigenvalue weighted by Gasteiger charge is 2.12. The van der Waals surface area contributed by atoms with Crippen molar-refractivity contribution < 1.29 is 4.79 Å². The molecular weight excluding hydrogens is 314 g/mol. The average molecular weight is 325 g/mol. The van der Waals surface area contributed by atoms with Crippen LogP contribution in [0.2, 0.25) is 0 Å². The molecule has 0 aromatic heterocycles. The molecule has 0 bridgehead atoms. The normalized spacial score (nSPS) is 9.57. The quantitative estimate of drug-likeness (QED) is 0.517. The highest BCUT2D eigenvalue weighted by Crippen LogP contribution is 2.13. The van der Waals surface area contributed by atoms with Crippen LogP contribution in [0.3, 0.4) is 0 Å². The maximum atomic E-state index is 11.5. The van der Waals surface area contributed by atoms with Crippen molar-refractivity contribution in [2.45, 2.75) is 0 Å². The van der Waals surface area contributed by atoms with Gasteiger partial charge in [-0.15, -0.1) is 11.6 Å². The lowest BCUT2D eigenvalue weighted by molar-refractivity contribution is 0.252. The van der Waals surface area contributed by atoms with E-state index in [0.717, 1.165) is 5.69 Å². The lowest BCUT2D eigenvalue weighted by atomic mass is 10.3. The molecule has 1 aromatic carbocycles. The average Bonchev–Trinajstić information content (AvgIpc) is 2.26. The van der Waals surface area contributed by atoms with Gasteiger partial charge in [0.2, 0.25) is 0 Å². The summed E-state index contributed by atoms with van der Waals surface area (Å²) < 4.78 is 2.55. The summed E-state index contributed by atoms with van der Waals surface area (Å²) in [6, 6.07) is 9.27. The Morgan fingerprint density at radius 2 is 2.07 bits per heavy atom. The molecule has 5 heteroatoms. The standard InChI is InChI=1S/C9H10ClIN2O/c10-6-7-13(9(14)12-11)8-4-2-1-3-5-8/h1-5H,6-7H2,(H,12,14). The smallest absolute Gasteiger partial charge is 0.293 e. The van der Waals surface area contributed by atoms with E-state index in [-0.39, 0.29) is 6.03 Å². The molecule has 2 amide bonds. The minimum Gasteiger partial charge on any atom is -0.293 e. The van der Waals surface area contributed by atoms with E-state index < -0.39 is 0 Å². The van der Waals surface area contributed by atoms with Crippen LogP contribution >= 0.6 is 34.5 Å². The first kappa shape index (κ1) is 11.6. The van der Waals surface area contributed by atoms with Crippen LogP contribution in [0, 0.1) is 0 Å². The number of amides is 2. The fraction of sp³-hybridized carbons (Fsp3) is 0.222. The number of nitrogens with zero attached hydrogens (tertiary/aromatic N) is 1. The highest BCUT2D eigenvalue weighted by atomic mass is 127. The summed E-state index contributed by atoms with van der Waals surface area (Å²) in [5, 5.41) is 0. The van der Waals surface area contributed by atoms with E-state index in [1.807, 2.05) is 53.2 Å². The number of rotatable bonds is 3. The van der Waals surface area contributed by atoms with Gasteiger partial charge in [-0.1, -0.05) is 18.2 Å². The Morgan fingerprint density at radius 1 is 1.43 bits per heavy atom. The monoisotopic (exact) mass is 324 g/mol. The van der Waals surface area contributed by atoms with Gasteiger partial charge >= 0.3 is 6.03 Å². The van der Waals surface area contributed by atoms with Crippen LogP contribution in [0.25, 0.3) is 0 Å². The van der Waals surface area contributed by atoms with E-state index in [1.165, 1.54) is 0 Å². The summed E-state index contributed by atoms with van der Waals surface area (Å²) in [6.45, 7) is 0.500. The third-order valence-electron chi connectivity index (χ3n) is 1.70. The molecule has 0 aliphatic rings. The second kappa shape index (κ2) is 6.08. The zero-order chi connectivity index (χ0) is 10.4. The maximum absolute atomic E-state index is 11.5. The summed E-state index contributed by atoms with van der Waals surface area (Å²) in [5.74, 6) is 0.416. The number of urea groups is 1. The molecule has 1 N–H and O–H groups in total. The molecule has 1 aromatic rings. The molecule has 0 radical (unpaired) electrons. The van der Waals surface area contributed by atoms with E-state index >= 15 is 0 Å². The van der Waals surface area contributed by atoms with Crippen molar-refractivity contribution in [2.75, 3.05) is 17.3 Å². The number of carbonyl (C=O) groups excluding carboxylic acids is 1. The number of nitrogens with one attached hydrogen (secondary N) is 1. The number of halogens is 2. The Labute approximate surface area is 102 Å². The zero-order valence-electron chi connectivity index (χ0n) is 7.41. The number of hydrogen-bond acceptors (Lipinski definition) is 1. The Kier molecular flexibility index (Phi) is 5.03. The fourth-order valence-electron chi connectivity index (χ4n) is 1.09. The predicted octanol–water partition coefficient (Wildman–Crippen LogP) is 2.79. The summed E-state index contributed by atoms with van der Waals surface area (Å²) >= 11 is 7.43. The van der Waals surface area contributed by atoms with Gasteiger partial charge in [-0.05, 0) is 12.1 Å². The molecule has 76 valence electrons. The molecule has 1 rings (SSSR count). The molecule has 0 heterocycles. The van der Waals surface area contributed by atoms with Crippen molar-refractivity contribution >= 4 is 46.2 Å². The van der Waals surface area contributed by atoms with Crippen LogP contribution in [0.4, 0.5) is 10.5 Å². The van der Waals surface area contributed by atoms with Crippen LogP contribution in [0.5, 0.6) is 0 Å². The Bertz CT molecular complexity index is 294. The molecule has 0 saturated carbocycles. The first-order valence-electron chi connectivity index (χ1n) is 4.08. The van der Waals surface area contributed by atoms with Crippen molar-refractivity contribution in [1.29, 1.82) is 0 Å². The van der Waals surface area contributed by atoms with Crippen LogP contribution in [-0.4, -0.2) is 18.5 Å². The van der Waals surface area contributed by atoms with Crippen LogP contribution in [-0.2, 0) is 0 Å². The maximum Gasteiger partial charge on any atom is 0.330 e. The van der Waals surface area contributed by atoms with Gasteiger partial charge in [-0.25, -0.2) is 4.79 Å². The van der Waals surface area contributed by atoms with Gasteiger partial charge in [0, 0.05) is 18.1 Å². The number of hydrogen-bond donors (Lipinski definition) is 1. The molecule has 0 spiro atoms. The third kappa shape index (κ3) is 3.02. The number of carbonyl (C=O) groups is 1. The molecule has 14 heavy (non-hydrogen) atoms. The molecule has 0 aliphatic carbocycles. The molecule has 0 unspecified atom stereocenters. The predicted molar refractivity (Wildman–Crippen MR) is 67.1 cm³/mol. The van der Waals surface area contributed by atoms with E-state index in [9.17, 15) is 4.79 Å². The van der Waals surface area contributed by atoms with Gasteiger partial charge in [0.15, 0.2) is 0 Å². The Hall–Kier alpha value is -0.490. The summed E-state index contributed by atoms with van der Waals surface area (Å²) in [6.07, 6.45) is 0. The lowest BCUT2D eigenvalue weighted by Gasteiger charge is -2.20. The minimum absolute atomic E-state index is 0.155. The highest BCUT2D eigenvalue weighted by molar-refractivity contribution is 14.1. The SMILES string of the molecule is O=C(NI)N(CCCl)c1ccccc1. The number of alkyl halides is 1. The zero-order valence-corrected chi connectivity index (χ0v) is 10.3. The van der Waals surface area contributed by atoms with Crippen molar-refractivity contribution in [3.8, 4) is 0 Å². The molecule has 0 aliphatic heterocycles. The number of para-hydroxylation sites is 1. The van der Waals surface area contributed by atoms with Crippen LogP contribution < -0.4 is 8.43 Å². The largest absolute Gasteiger partial charge is 0.330 e. The van der Waals surface area contributed by atoms with Crippen molar-refractivity contribution in [3.05, 3.63) is 30.3 Å². The van der Waals surface area contributed by atoms with Crippen LogP contribution in [0.1, 0.15) is 0 Å². The summed E-state index contributed by atoms with van der Waals surface area (Å²) in [7, 11) is 0. The van der Waals surface area contributed by atoms with Crippen LogP contribution in [0.15, 0.2) is 30.3 Å². The fourth-order valence-corrected chi connectivity index (χ4v) is 1.55. The van der Waals surface area contributed by atoms with Gasteiger partial charge in [0.1, 0.15) is 0 Å². The van der Waals surface area contributed by atoms with Gasteiger partial charge < -0.3 is 0 Å². The Balaban J connectivity index is 2.83. The molecule has 3 nitrogen and oxygen atoms in total. The lowest BCUT2D eigenvalue weighted by Crippen LogP contribution is -2.37. The molecule has 0 saturated heterocycles. The van der Waals surface area contributed by atoms with E-state index in [2.05, 4.69) is 3.53 Å². The van der Waals surface area contributed by atoms with Gasteiger partial charge in [0.25, 0.3) is 0 Å². The summed E-state index contributed by atoms with van der Waals surface area (Å²) in [4.78, 5) is 13.0. The molecular formula is C9H10ClIN2O. The van der Waals surface area contributed by atoms with Gasteiger partial charge in [-0.2, -0.15) is 0 Å². The van der Waals surface area contributed by atoms with E-state index in [1.54, 1.807) is 4.90 Å². The van der Waals surface area contributed by atoms with Crippen molar-refractivity contribution in [1.82, 2.24) is 3.53 Å². The minimum atomic E-state index is -0.155.